The Labute approximate surface area is 188 Å². The number of hydrogen-bond donors (Lipinski definition) is 1. The van der Waals surface area contributed by atoms with Crippen LogP contribution in [-0.4, -0.2) is 18.6 Å². The van der Waals surface area contributed by atoms with Gasteiger partial charge in [-0.25, -0.2) is 0 Å². The summed E-state index contributed by atoms with van der Waals surface area (Å²) in [7, 11) is -0.454. The van der Waals surface area contributed by atoms with Gasteiger partial charge in [0.15, 0.2) is 0 Å². The van der Waals surface area contributed by atoms with Crippen LogP contribution in [0.25, 0.3) is 0 Å². The molecule has 4 rings (SSSR count). The van der Waals surface area contributed by atoms with Crippen molar-refractivity contribution >= 4 is 24.4 Å². The fourth-order valence-corrected chi connectivity index (χ4v) is 5.07. The van der Waals surface area contributed by atoms with Crippen LogP contribution in [0.4, 0.5) is 0 Å². The molecule has 2 saturated carbocycles. The Hall–Kier alpha value is -1.14. The van der Waals surface area contributed by atoms with E-state index in [1.54, 1.807) is 0 Å². The van der Waals surface area contributed by atoms with E-state index in [4.69, 9.17) is 0 Å². The molecule has 0 spiro atoms. The predicted octanol–water partition coefficient (Wildman–Crippen LogP) is 3.66. The number of carbonyl (C=O) groups is 1. The second-order valence-corrected chi connectivity index (χ2v) is 8.55. The van der Waals surface area contributed by atoms with E-state index >= 15 is 0 Å². The van der Waals surface area contributed by atoms with Crippen molar-refractivity contribution in [1.82, 2.24) is 5.32 Å². The molecule has 4 heteroatoms. The van der Waals surface area contributed by atoms with Crippen LogP contribution >= 0.6 is 7.92 Å². The first-order chi connectivity index (χ1) is 13.8. The van der Waals surface area contributed by atoms with Gasteiger partial charge in [0.05, 0.1) is 5.92 Å². The van der Waals surface area contributed by atoms with Gasteiger partial charge in [0.1, 0.15) is 0 Å². The molecular weight excluding hydrogens is 417 g/mol. The summed E-state index contributed by atoms with van der Waals surface area (Å²) in [5, 5.41) is 5.72. The van der Waals surface area contributed by atoms with Gasteiger partial charge in [-0.1, -0.05) is 60.7 Å². The summed E-state index contributed by atoms with van der Waals surface area (Å²) in [5.74, 6) is 0.736. The van der Waals surface area contributed by atoms with Crippen molar-refractivity contribution in [3.8, 4) is 0 Å². The zero-order valence-corrected chi connectivity index (χ0v) is 18.1. The van der Waals surface area contributed by atoms with Gasteiger partial charge in [0, 0.05) is 6.54 Å². The van der Waals surface area contributed by atoms with Gasteiger partial charge in [0.2, 0.25) is 5.91 Å². The third kappa shape index (κ3) is 8.25. The molecule has 1 N–H and O–H groups in total. The number of carbonyl (C=O) groups excluding carboxylic acids is 1. The van der Waals surface area contributed by atoms with E-state index in [1.807, 2.05) is 69.9 Å². The topological polar surface area (TPSA) is 29.1 Å². The quantitative estimate of drug-likeness (QED) is 0.538. The Morgan fingerprint density at radius 3 is 1.59 bits per heavy atom. The van der Waals surface area contributed by atoms with Crippen LogP contribution in [0.5, 0.6) is 0 Å². The molecule has 2 aliphatic rings. The molecule has 0 heterocycles. The maximum Gasteiger partial charge on any atom is 2.00 e. The monoisotopic (exact) mass is 441 g/mol. The molecule has 0 bridgehead atoms. The average molecular weight is 441 g/mol. The standard InChI is InChI=1S/C20H19NOP.C5H5.Fe/c22-20(17-9-7-8-10-17)21-15-16-23(18-11-3-1-4-12-18)19-13-5-2-6-14-19;1-2-4-5-3-1;/h1-14H,15-16H2,(H,21,22);1-5H;/q;;+2. The van der Waals surface area contributed by atoms with E-state index in [1.165, 1.54) is 10.6 Å². The Balaban J connectivity index is 0.000000437. The van der Waals surface area contributed by atoms with Crippen molar-refractivity contribution in [2.75, 3.05) is 12.7 Å². The number of amides is 1. The predicted molar refractivity (Wildman–Crippen MR) is 119 cm³/mol. The molecule has 29 heavy (non-hydrogen) atoms. The van der Waals surface area contributed by atoms with Crippen molar-refractivity contribution in [2.24, 2.45) is 0 Å². The maximum atomic E-state index is 12.1. The minimum atomic E-state index is -0.454. The van der Waals surface area contributed by atoms with Gasteiger partial charge in [-0.15, -0.1) is 0 Å². The van der Waals surface area contributed by atoms with Crippen LogP contribution in [-0.2, 0) is 21.9 Å². The van der Waals surface area contributed by atoms with E-state index < -0.39 is 7.92 Å². The molecule has 2 aromatic carbocycles. The van der Waals surface area contributed by atoms with Gasteiger partial charge < -0.3 is 5.32 Å². The van der Waals surface area contributed by atoms with Crippen LogP contribution in [0.1, 0.15) is 0 Å². The molecule has 0 unspecified atom stereocenters. The van der Waals surface area contributed by atoms with Gasteiger partial charge in [0.25, 0.3) is 0 Å². The number of benzene rings is 2. The first-order valence-corrected chi connectivity index (χ1v) is 10.9. The SMILES string of the molecule is O=C(NCCP(c1ccccc1)c1ccccc1)[C]1[CH][CH][CH][CH]1.[CH]1[CH][CH][CH][CH]1.[Fe+2]. The summed E-state index contributed by atoms with van der Waals surface area (Å²) in [4.78, 5) is 12.1. The first kappa shape index (κ1) is 24.1. The van der Waals surface area contributed by atoms with Crippen molar-refractivity contribution in [3.63, 3.8) is 0 Å². The molecule has 0 atom stereocenters. The molecule has 2 aliphatic carbocycles. The molecular formula is C25H24FeNOP+2. The zero-order valence-electron chi connectivity index (χ0n) is 16.1. The third-order valence-corrected chi connectivity index (χ3v) is 6.75. The second-order valence-electron chi connectivity index (χ2n) is 6.21. The van der Waals surface area contributed by atoms with E-state index in [-0.39, 0.29) is 23.0 Å². The molecule has 2 nitrogen and oxygen atoms in total. The smallest absolute Gasteiger partial charge is 0.355 e. The van der Waals surface area contributed by atoms with E-state index in [0.29, 0.717) is 6.54 Å². The van der Waals surface area contributed by atoms with Crippen molar-refractivity contribution < 1.29 is 21.9 Å². The molecule has 0 aromatic heterocycles. The molecule has 10 radical (unpaired) electrons. The fourth-order valence-electron chi connectivity index (χ4n) is 2.85. The van der Waals surface area contributed by atoms with Crippen LogP contribution in [0.15, 0.2) is 60.7 Å². The summed E-state index contributed by atoms with van der Waals surface area (Å²) in [6.45, 7) is 0.680. The average Bonchev–Trinajstić information content (AvgIpc) is 3.49. The molecule has 2 aromatic rings. The minimum Gasteiger partial charge on any atom is -0.355 e. The van der Waals surface area contributed by atoms with Crippen molar-refractivity contribution in [2.45, 2.75) is 0 Å². The Bertz CT molecular complexity index is 637. The van der Waals surface area contributed by atoms with Crippen molar-refractivity contribution in [1.29, 1.82) is 0 Å². The summed E-state index contributed by atoms with van der Waals surface area (Å²) in [6, 6.07) is 21.1. The summed E-state index contributed by atoms with van der Waals surface area (Å²) < 4.78 is 0. The largest absolute Gasteiger partial charge is 2.00 e. The van der Waals surface area contributed by atoms with Crippen molar-refractivity contribution in [3.05, 3.63) is 124 Å². The number of hydrogen-bond acceptors (Lipinski definition) is 1. The van der Waals surface area contributed by atoms with Gasteiger partial charge >= 0.3 is 17.1 Å². The van der Waals surface area contributed by atoms with Crippen LogP contribution < -0.4 is 15.9 Å². The van der Waals surface area contributed by atoms with Gasteiger partial charge in [-0.05, 0) is 82.5 Å². The van der Waals surface area contributed by atoms with E-state index in [0.717, 1.165) is 12.1 Å². The van der Waals surface area contributed by atoms with E-state index in [9.17, 15) is 4.79 Å². The van der Waals surface area contributed by atoms with Crippen LogP contribution in [0, 0.1) is 63.7 Å². The Morgan fingerprint density at radius 2 is 1.14 bits per heavy atom. The molecule has 146 valence electrons. The summed E-state index contributed by atoms with van der Waals surface area (Å²) in [6.07, 6.45) is 18.4. The molecule has 0 aliphatic heterocycles. The number of nitrogens with one attached hydrogen (secondary N) is 1. The van der Waals surface area contributed by atoms with Crippen LogP contribution in [0.3, 0.4) is 0 Å². The fraction of sp³-hybridized carbons (Fsp3) is 0.0800. The maximum absolute atomic E-state index is 12.1. The van der Waals surface area contributed by atoms with Gasteiger partial charge in [-0.2, -0.15) is 0 Å². The summed E-state index contributed by atoms with van der Waals surface area (Å²) in [5.41, 5.74) is 0. The van der Waals surface area contributed by atoms with E-state index in [2.05, 4.69) is 53.8 Å². The molecule has 1 amide bonds. The first-order valence-electron chi connectivity index (χ1n) is 9.39. The minimum absolute atomic E-state index is 0. The normalized spacial score (nSPS) is 16.0. The third-order valence-electron chi connectivity index (χ3n) is 4.24. The second kappa shape index (κ2) is 14.0. The van der Waals surface area contributed by atoms with Gasteiger partial charge in [-0.3, -0.25) is 4.79 Å². The molecule has 2 fully saturated rings. The summed E-state index contributed by atoms with van der Waals surface area (Å²) >= 11 is 0. The Kier molecular flexibility index (Phi) is 11.6. The van der Waals surface area contributed by atoms with Crippen LogP contribution in [0.2, 0.25) is 0 Å². The zero-order chi connectivity index (χ0) is 19.4. The Morgan fingerprint density at radius 1 is 0.690 bits per heavy atom. The molecule has 0 saturated heterocycles. The number of rotatable bonds is 6.